The van der Waals surface area contributed by atoms with Crippen LogP contribution < -0.4 is 10.6 Å². The Hall–Kier alpha value is -1.78. The van der Waals surface area contributed by atoms with Crippen molar-refractivity contribution >= 4 is 78.8 Å². The molecule has 0 amide bonds. The number of hydrogen-bond acceptors (Lipinski definition) is 3. The van der Waals surface area contributed by atoms with Gasteiger partial charge in [0.2, 0.25) is 5.78 Å². The average Bonchev–Trinajstić information content (AvgIpc) is 3.07. The summed E-state index contributed by atoms with van der Waals surface area (Å²) in [6, 6.07) is 10.4. The van der Waals surface area contributed by atoms with E-state index in [1.54, 1.807) is 36.4 Å². The Kier molecular flexibility index (Phi) is 3.76. The molecule has 0 saturated carbocycles. The van der Waals surface area contributed by atoms with Gasteiger partial charge in [0.05, 0.1) is 4.91 Å². The summed E-state index contributed by atoms with van der Waals surface area (Å²) in [5.74, 6) is -0.144. The average molecular weight is 432 g/mol. The van der Waals surface area contributed by atoms with Crippen molar-refractivity contribution in [1.29, 1.82) is 0 Å². The van der Waals surface area contributed by atoms with Crippen LogP contribution in [0.25, 0.3) is 26.5 Å². The fourth-order valence-electron chi connectivity index (χ4n) is 3.81. The molecule has 5 rings (SSSR count). The molecule has 27 heavy (non-hydrogen) atoms. The van der Waals surface area contributed by atoms with E-state index >= 15 is 0 Å². The highest BCUT2D eigenvalue weighted by Crippen LogP contribution is 2.44. The van der Waals surface area contributed by atoms with Gasteiger partial charge in [-0.1, -0.05) is 52.6 Å². The van der Waals surface area contributed by atoms with Crippen molar-refractivity contribution in [3.8, 4) is 0 Å². The molecule has 0 bridgehead atoms. The molecule has 0 spiro atoms. The Balaban J connectivity index is 1.97. The number of rotatable bonds is 0. The van der Waals surface area contributed by atoms with Gasteiger partial charge in [0.1, 0.15) is 0 Å². The van der Waals surface area contributed by atoms with Crippen molar-refractivity contribution in [2.75, 3.05) is 0 Å². The van der Waals surface area contributed by atoms with E-state index in [1.165, 1.54) is 11.8 Å². The lowest BCUT2D eigenvalue weighted by molar-refractivity contribution is 0.105. The second-order valence-electron chi connectivity index (χ2n) is 6.50. The van der Waals surface area contributed by atoms with Crippen molar-refractivity contribution in [3.05, 3.63) is 78.0 Å². The number of carbonyl (C=O) groups is 1. The van der Waals surface area contributed by atoms with Crippen LogP contribution in [0.2, 0.25) is 15.1 Å². The summed E-state index contributed by atoms with van der Waals surface area (Å²) >= 11 is 20.1. The smallest absolute Gasteiger partial charge is 0.201 e. The number of Topliss-reactive ketones (excluding diaryl/α,β-unsaturated/α-hetero) is 1. The molecule has 0 unspecified atom stereocenters. The van der Waals surface area contributed by atoms with E-state index in [2.05, 4.69) is 0 Å². The molecule has 4 aromatic rings. The van der Waals surface area contributed by atoms with Crippen molar-refractivity contribution in [1.82, 2.24) is 0 Å². The van der Waals surface area contributed by atoms with Gasteiger partial charge in [0.25, 0.3) is 0 Å². The molecule has 2 nitrogen and oxygen atoms in total. The Morgan fingerprint density at radius 3 is 2.22 bits per heavy atom. The Morgan fingerprint density at radius 1 is 0.852 bits per heavy atom. The van der Waals surface area contributed by atoms with E-state index in [1.807, 2.05) is 6.92 Å². The molecular formula is C21H9Cl3O2S. The lowest BCUT2D eigenvalue weighted by Gasteiger charge is -2.03. The Labute approximate surface area is 173 Å². The van der Waals surface area contributed by atoms with Crippen LogP contribution in [0, 0.1) is 6.92 Å². The summed E-state index contributed by atoms with van der Waals surface area (Å²) in [5.41, 5.74) is 1.23. The van der Waals surface area contributed by atoms with Gasteiger partial charge >= 0.3 is 0 Å². The fourth-order valence-corrected chi connectivity index (χ4v) is 5.98. The van der Waals surface area contributed by atoms with E-state index in [4.69, 9.17) is 34.8 Å². The first-order valence-corrected chi connectivity index (χ1v) is 10.1. The summed E-state index contributed by atoms with van der Waals surface area (Å²) in [6.45, 7) is 1.85. The summed E-state index contributed by atoms with van der Waals surface area (Å²) in [4.78, 5) is 27.5. The molecule has 0 N–H and O–H groups in total. The zero-order chi connectivity index (χ0) is 19.0. The molecule has 0 atom stereocenters. The van der Waals surface area contributed by atoms with Gasteiger partial charge in [-0.15, -0.1) is 0 Å². The van der Waals surface area contributed by atoms with Crippen LogP contribution in [0.15, 0.2) is 46.1 Å². The number of fused-ring (bicyclic) bond motifs is 1. The fraction of sp³-hybridized carbons (Fsp3) is 0.0476. The van der Waals surface area contributed by atoms with Crippen molar-refractivity contribution < 1.29 is 4.79 Å². The quantitative estimate of drug-likeness (QED) is 0.349. The molecule has 0 fully saturated rings. The minimum absolute atomic E-state index is 0.144. The van der Waals surface area contributed by atoms with Crippen LogP contribution in [0.4, 0.5) is 0 Å². The first-order valence-electron chi connectivity index (χ1n) is 8.11. The van der Waals surface area contributed by atoms with Crippen LogP contribution in [0.5, 0.6) is 0 Å². The van der Waals surface area contributed by atoms with E-state index < -0.39 is 0 Å². The minimum Gasteiger partial charge on any atom is -0.289 e. The number of halogens is 3. The molecule has 0 aromatic heterocycles. The van der Waals surface area contributed by atoms with Gasteiger partial charge in [-0.05, 0) is 48.2 Å². The summed E-state index contributed by atoms with van der Waals surface area (Å²) < 4.78 is 0. The van der Waals surface area contributed by atoms with E-state index in [0.29, 0.717) is 52.3 Å². The SMILES string of the molecule is Cc1cc(Cl)cc2c1C(=O)/C(=c1/c(=O)c3ccc(Cl)c4c(Cl)ccc1c43)S2. The van der Waals surface area contributed by atoms with E-state index in [-0.39, 0.29) is 11.2 Å². The predicted molar refractivity (Wildman–Crippen MR) is 114 cm³/mol. The molecule has 1 aliphatic rings. The van der Waals surface area contributed by atoms with Crippen molar-refractivity contribution in [2.24, 2.45) is 0 Å². The Bertz CT molecular complexity index is 1420. The number of ketones is 1. The van der Waals surface area contributed by atoms with Gasteiger partial charge in [0, 0.05) is 46.9 Å². The topological polar surface area (TPSA) is 34.1 Å². The molecule has 6 heteroatoms. The van der Waals surface area contributed by atoms with E-state index in [0.717, 1.165) is 10.5 Å². The van der Waals surface area contributed by atoms with Crippen molar-refractivity contribution in [2.45, 2.75) is 11.8 Å². The normalized spacial score (nSPS) is 15.9. The summed E-state index contributed by atoms with van der Waals surface area (Å²) in [5, 5.41) is 4.52. The third-order valence-electron chi connectivity index (χ3n) is 4.94. The number of thioether (sulfide) groups is 1. The number of carbonyl (C=O) groups excluding carboxylic acids is 1. The molecular weight excluding hydrogens is 423 g/mol. The zero-order valence-corrected chi connectivity index (χ0v) is 16.9. The molecule has 1 heterocycles. The van der Waals surface area contributed by atoms with E-state index in [9.17, 15) is 9.59 Å². The molecule has 0 saturated heterocycles. The summed E-state index contributed by atoms with van der Waals surface area (Å²) in [6.07, 6.45) is 0. The van der Waals surface area contributed by atoms with Gasteiger partial charge in [-0.25, -0.2) is 0 Å². The Morgan fingerprint density at radius 2 is 1.52 bits per heavy atom. The van der Waals surface area contributed by atoms with Crippen LogP contribution >= 0.6 is 46.6 Å². The first-order chi connectivity index (χ1) is 12.9. The van der Waals surface area contributed by atoms with Gasteiger partial charge in [-0.2, -0.15) is 0 Å². The number of aryl methyl sites for hydroxylation is 1. The monoisotopic (exact) mass is 430 g/mol. The standard InChI is InChI=1S/C21H9Cl3O2S/c1-8-6-9(22)7-14-15(8)20(26)21(27-14)17-10-2-4-12(23)18-13(24)5-3-11(16(10)18)19(17)25/h2-7H,1H3/b21-17-. The largest absolute Gasteiger partial charge is 0.289 e. The maximum Gasteiger partial charge on any atom is 0.201 e. The maximum absolute atomic E-state index is 13.2. The molecule has 0 radical (unpaired) electrons. The predicted octanol–water partition coefficient (Wildman–Crippen LogP) is 5.88. The van der Waals surface area contributed by atoms with Crippen LogP contribution in [0.3, 0.4) is 0 Å². The second-order valence-corrected chi connectivity index (χ2v) is 8.80. The number of hydrogen-bond donors (Lipinski definition) is 0. The highest BCUT2D eigenvalue weighted by atomic mass is 35.5. The lowest BCUT2D eigenvalue weighted by Crippen LogP contribution is -2.23. The third kappa shape index (κ3) is 2.29. The molecule has 4 aromatic carbocycles. The molecule has 132 valence electrons. The van der Waals surface area contributed by atoms with Crippen molar-refractivity contribution in [3.63, 3.8) is 0 Å². The summed E-state index contributed by atoms with van der Waals surface area (Å²) in [7, 11) is 0. The van der Waals surface area contributed by atoms with Gasteiger partial charge in [-0.3, -0.25) is 9.59 Å². The second kappa shape index (κ2) is 5.86. The minimum atomic E-state index is -0.179. The highest BCUT2D eigenvalue weighted by Gasteiger charge is 2.31. The van der Waals surface area contributed by atoms with Crippen LogP contribution in [0.1, 0.15) is 15.9 Å². The molecule has 0 aliphatic carbocycles. The van der Waals surface area contributed by atoms with Gasteiger partial charge in [0.15, 0.2) is 5.43 Å². The molecule has 1 aliphatic heterocycles. The van der Waals surface area contributed by atoms with Crippen LogP contribution in [-0.4, -0.2) is 5.78 Å². The highest BCUT2D eigenvalue weighted by molar-refractivity contribution is 8.10. The van der Waals surface area contributed by atoms with Gasteiger partial charge < -0.3 is 0 Å². The zero-order valence-electron chi connectivity index (χ0n) is 13.8. The van der Waals surface area contributed by atoms with Crippen LogP contribution in [-0.2, 0) is 0 Å². The maximum atomic E-state index is 13.2. The number of benzene rings is 3. The third-order valence-corrected chi connectivity index (χ3v) is 6.92. The first kappa shape index (κ1) is 17.3. The lowest BCUT2D eigenvalue weighted by atomic mass is 10.0.